The topological polar surface area (TPSA) is 96.3 Å². The molecule has 0 saturated heterocycles. The fourth-order valence-corrected chi connectivity index (χ4v) is 1.14. The van der Waals surface area contributed by atoms with Gasteiger partial charge < -0.3 is 20.8 Å². The van der Waals surface area contributed by atoms with Crippen LogP contribution in [0.1, 0.15) is 0 Å². The number of hydrogen-bond acceptors (Lipinski definition) is 6. The van der Waals surface area contributed by atoms with E-state index < -0.39 is 0 Å². The highest BCUT2D eigenvalue weighted by Crippen LogP contribution is 2.14. The molecule has 0 unspecified atom stereocenters. The maximum atomic E-state index is 5.49. The molecule has 17 heavy (non-hydrogen) atoms. The van der Waals surface area contributed by atoms with Gasteiger partial charge in [-0.2, -0.15) is 0 Å². The highest BCUT2D eigenvalue weighted by atomic mass is 16.6. The fraction of sp³-hybridized carbons (Fsp3) is 0. The summed E-state index contributed by atoms with van der Waals surface area (Å²) in [6.45, 7) is 0. The molecule has 7 heteroatoms. The molecule has 2 aromatic heterocycles. The first-order valence-electron chi connectivity index (χ1n) is 4.82. The summed E-state index contributed by atoms with van der Waals surface area (Å²) < 4.78 is 10.4. The van der Waals surface area contributed by atoms with Crippen molar-refractivity contribution in [2.45, 2.75) is 0 Å². The number of nitrogens with zero attached hydrogens (tertiary/aromatic N) is 2. The Morgan fingerprint density at radius 2 is 1.35 bits per heavy atom. The second-order valence-electron chi connectivity index (χ2n) is 3.16. The number of aromatic nitrogens is 2. The Bertz CT molecular complexity index is 464. The van der Waals surface area contributed by atoms with Gasteiger partial charge >= 0.3 is 7.69 Å². The van der Waals surface area contributed by atoms with E-state index in [0.717, 1.165) is 0 Å². The van der Waals surface area contributed by atoms with E-state index in [1.54, 1.807) is 36.7 Å². The van der Waals surface area contributed by atoms with Crippen LogP contribution in [0.3, 0.4) is 0 Å². The summed E-state index contributed by atoms with van der Waals surface area (Å²) in [4.78, 5) is 7.67. The first-order chi connectivity index (χ1) is 8.24. The van der Waals surface area contributed by atoms with Crippen molar-refractivity contribution in [1.29, 1.82) is 0 Å². The van der Waals surface area contributed by atoms with E-state index in [4.69, 9.17) is 20.8 Å². The summed E-state index contributed by atoms with van der Waals surface area (Å²) in [5.74, 6) is 1.84. The summed E-state index contributed by atoms with van der Waals surface area (Å²) in [7, 11) is 1.18. The highest BCUT2D eigenvalue weighted by molar-refractivity contribution is 6.20. The summed E-state index contributed by atoms with van der Waals surface area (Å²) in [6, 6.07) is 6.50. The molecular weight excluding hydrogens is 219 g/mol. The van der Waals surface area contributed by atoms with Gasteiger partial charge in [-0.15, -0.1) is 0 Å². The van der Waals surface area contributed by atoms with Crippen molar-refractivity contribution in [3.8, 4) is 11.5 Å². The predicted molar refractivity (Wildman–Crippen MR) is 64.3 cm³/mol. The molecule has 2 rings (SSSR count). The molecule has 0 spiro atoms. The number of pyridine rings is 2. The molecule has 2 aromatic rings. The van der Waals surface area contributed by atoms with Gasteiger partial charge in [0.05, 0.1) is 0 Å². The zero-order chi connectivity index (χ0) is 12.1. The first-order valence-corrected chi connectivity index (χ1v) is 4.82. The highest BCUT2D eigenvalue weighted by Gasteiger charge is 2.02. The first kappa shape index (κ1) is 11.1. The van der Waals surface area contributed by atoms with Crippen LogP contribution in [0.4, 0.5) is 11.6 Å². The lowest BCUT2D eigenvalue weighted by Gasteiger charge is -2.06. The van der Waals surface area contributed by atoms with Crippen molar-refractivity contribution in [3.05, 3.63) is 36.7 Å². The lowest BCUT2D eigenvalue weighted by molar-refractivity contribution is 0.459. The zero-order valence-corrected chi connectivity index (χ0v) is 8.91. The van der Waals surface area contributed by atoms with E-state index in [0.29, 0.717) is 23.1 Å². The van der Waals surface area contributed by atoms with Crippen molar-refractivity contribution in [1.82, 2.24) is 9.97 Å². The van der Waals surface area contributed by atoms with Crippen LogP contribution in [0, 0.1) is 0 Å². The largest absolute Gasteiger partial charge is 0.658 e. The molecule has 0 saturated carbocycles. The minimum Gasteiger partial charge on any atom is -0.526 e. The Morgan fingerprint density at radius 3 is 1.76 bits per heavy atom. The monoisotopic (exact) mass is 229 g/mol. The van der Waals surface area contributed by atoms with Crippen LogP contribution < -0.4 is 20.8 Å². The molecule has 0 fully saturated rings. The Hall–Kier alpha value is -2.44. The third-order valence-corrected chi connectivity index (χ3v) is 1.87. The fourth-order valence-electron chi connectivity index (χ4n) is 1.14. The maximum absolute atomic E-state index is 5.49. The van der Waals surface area contributed by atoms with Gasteiger partial charge in [0.25, 0.3) is 0 Å². The molecule has 2 heterocycles. The Morgan fingerprint density at radius 1 is 0.882 bits per heavy atom. The number of rotatable bonds is 4. The van der Waals surface area contributed by atoms with E-state index in [-0.39, 0.29) is 0 Å². The van der Waals surface area contributed by atoms with E-state index in [1.165, 1.54) is 7.69 Å². The van der Waals surface area contributed by atoms with Crippen LogP contribution in [0.25, 0.3) is 0 Å². The Labute approximate surface area is 98.9 Å². The number of anilines is 2. The number of nitrogens with two attached hydrogens (primary N) is 2. The molecule has 0 aliphatic carbocycles. The Balaban J connectivity index is 1.87. The quantitative estimate of drug-likeness (QED) is 0.746. The molecule has 85 valence electrons. The molecular formula is C10H10BN4O2. The summed E-state index contributed by atoms with van der Waals surface area (Å²) in [6.07, 6.45) is 3.09. The van der Waals surface area contributed by atoms with Gasteiger partial charge in [0.2, 0.25) is 0 Å². The smallest absolute Gasteiger partial charge is 0.526 e. The number of nitrogen functional groups attached to an aromatic ring is 2. The molecule has 0 atom stereocenters. The van der Waals surface area contributed by atoms with Crippen LogP contribution >= 0.6 is 0 Å². The maximum Gasteiger partial charge on any atom is 0.658 e. The third kappa shape index (κ3) is 3.27. The molecule has 0 aromatic carbocycles. The van der Waals surface area contributed by atoms with Crippen LogP contribution in [-0.4, -0.2) is 17.7 Å². The van der Waals surface area contributed by atoms with Crippen molar-refractivity contribution < 1.29 is 9.31 Å². The predicted octanol–water partition coefficient (Wildman–Crippen LogP) is 0.633. The van der Waals surface area contributed by atoms with Crippen molar-refractivity contribution >= 4 is 19.3 Å². The minimum absolute atomic E-state index is 0.379. The van der Waals surface area contributed by atoms with Gasteiger partial charge in [0.1, 0.15) is 23.1 Å². The normalized spacial score (nSPS) is 9.65. The van der Waals surface area contributed by atoms with Gasteiger partial charge in [-0.1, -0.05) is 0 Å². The van der Waals surface area contributed by atoms with Crippen LogP contribution in [0.2, 0.25) is 0 Å². The van der Waals surface area contributed by atoms with E-state index in [2.05, 4.69) is 9.97 Å². The summed E-state index contributed by atoms with van der Waals surface area (Å²) >= 11 is 0. The second-order valence-corrected chi connectivity index (χ2v) is 3.16. The van der Waals surface area contributed by atoms with Gasteiger partial charge in [0, 0.05) is 24.5 Å². The molecule has 0 aliphatic heterocycles. The van der Waals surface area contributed by atoms with Crippen molar-refractivity contribution in [2.75, 3.05) is 11.5 Å². The number of hydrogen-bond donors (Lipinski definition) is 2. The molecule has 0 amide bonds. The van der Waals surface area contributed by atoms with Crippen molar-refractivity contribution in [2.24, 2.45) is 0 Å². The SMILES string of the molecule is Nc1cc(O[B]Oc2ccnc(N)c2)ccn1. The van der Waals surface area contributed by atoms with Gasteiger partial charge in [-0.25, -0.2) is 9.97 Å². The molecule has 0 bridgehead atoms. The lowest BCUT2D eigenvalue weighted by Crippen LogP contribution is -2.11. The third-order valence-electron chi connectivity index (χ3n) is 1.87. The minimum atomic E-state index is 0.379. The molecule has 4 N–H and O–H groups in total. The van der Waals surface area contributed by atoms with E-state index >= 15 is 0 Å². The van der Waals surface area contributed by atoms with Crippen molar-refractivity contribution in [3.63, 3.8) is 0 Å². The molecule has 1 radical (unpaired) electrons. The average Bonchev–Trinajstić information content (AvgIpc) is 2.29. The van der Waals surface area contributed by atoms with E-state index in [9.17, 15) is 0 Å². The average molecular weight is 229 g/mol. The summed E-state index contributed by atoms with van der Waals surface area (Å²) in [5, 5.41) is 0. The zero-order valence-electron chi connectivity index (χ0n) is 8.91. The van der Waals surface area contributed by atoms with Crippen LogP contribution in [0.5, 0.6) is 11.5 Å². The molecule has 0 aliphatic rings. The van der Waals surface area contributed by atoms with Gasteiger partial charge in [0.15, 0.2) is 0 Å². The van der Waals surface area contributed by atoms with Crippen LogP contribution in [0.15, 0.2) is 36.7 Å². The van der Waals surface area contributed by atoms with Gasteiger partial charge in [-0.05, 0) is 12.1 Å². The van der Waals surface area contributed by atoms with E-state index in [1.807, 2.05) is 0 Å². The second kappa shape index (κ2) is 5.06. The van der Waals surface area contributed by atoms with Gasteiger partial charge in [-0.3, -0.25) is 0 Å². The molecule has 6 nitrogen and oxygen atoms in total. The summed E-state index contributed by atoms with van der Waals surface area (Å²) in [5.41, 5.74) is 11.0. The van der Waals surface area contributed by atoms with Crippen LogP contribution in [-0.2, 0) is 0 Å². The standard InChI is InChI=1S/C10H10BN4O2/c12-9-5-7(1-3-14-9)16-11-17-8-2-4-15-10(13)6-8/h1-6H,(H2,12,14)(H2,13,15). The Kier molecular flexibility index (Phi) is 3.30. The lowest BCUT2D eigenvalue weighted by atomic mass is 10.3.